The highest BCUT2D eigenvalue weighted by Gasteiger charge is 2.52. The number of ether oxygens (including phenoxy) is 3. The molecule has 1 fully saturated rings. The van der Waals surface area contributed by atoms with E-state index in [-0.39, 0.29) is 6.10 Å². The van der Waals surface area contributed by atoms with E-state index in [0.717, 1.165) is 40.3 Å². The first kappa shape index (κ1) is 16.8. The third-order valence-corrected chi connectivity index (χ3v) is 5.61. The van der Waals surface area contributed by atoms with E-state index in [1.54, 1.807) is 0 Å². The Morgan fingerprint density at radius 1 is 1.00 bits per heavy atom. The molecule has 1 aromatic heterocycles. The summed E-state index contributed by atoms with van der Waals surface area (Å²) in [6.07, 6.45) is 0.00833. The molecule has 0 N–H and O–H groups in total. The third-order valence-electron chi connectivity index (χ3n) is 5.61. The second-order valence-electron chi connectivity index (χ2n) is 7.50. The first-order chi connectivity index (χ1) is 14.3. The van der Waals surface area contributed by atoms with E-state index in [0.29, 0.717) is 13.2 Å². The maximum absolute atomic E-state index is 6.33. The van der Waals surface area contributed by atoms with Crippen LogP contribution in [0.15, 0.2) is 78.9 Å². The molecule has 3 aromatic carbocycles. The van der Waals surface area contributed by atoms with Gasteiger partial charge in [-0.1, -0.05) is 60.7 Å². The zero-order chi connectivity index (χ0) is 19.3. The highest BCUT2D eigenvalue weighted by molar-refractivity contribution is 5.78. The van der Waals surface area contributed by atoms with Crippen LogP contribution < -0.4 is 4.74 Å². The Balaban J connectivity index is 1.40. The predicted molar refractivity (Wildman–Crippen MR) is 109 cm³/mol. The number of benzene rings is 3. The summed E-state index contributed by atoms with van der Waals surface area (Å²) in [5.41, 5.74) is 4.08. The van der Waals surface area contributed by atoms with Crippen LogP contribution in [0.25, 0.3) is 11.0 Å². The Labute approximate surface area is 168 Å². The van der Waals surface area contributed by atoms with Crippen LogP contribution in [0.1, 0.15) is 17.0 Å². The van der Waals surface area contributed by atoms with Gasteiger partial charge in [-0.15, -0.1) is 0 Å². The van der Waals surface area contributed by atoms with Crippen molar-refractivity contribution in [3.05, 3.63) is 95.8 Å². The van der Waals surface area contributed by atoms with Gasteiger partial charge in [0.25, 0.3) is 5.79 Å². The molecule has 1 saturated heterocycles. The molecule has 5 nitrogen and oxygen atoms in total. The summed E-state index contributed by atoms with van der Waals surface area (Å²) in [6, 6.07) is 26.3. The molecule has 2 bridgehead atoms. The van der Waals surface area contributed by atoms with Gasteiger partial charge in [0, 0.05) is 11.6 Å². The molecular formula is C24H20N2O3. The molecular weight excluding hydrogens is 364 g/mol. The van der Waals surface area contributed by atoms with E-state index >= 15 is 0 Å². The Morgan fingerprint density at radius 2 is 1.79 bits per heavy atom. The molecule has 2 aliphatic rings. The molecule has 2 unspecified atom stereocenters. The highest BCUT2D eigenvalue weighted by atomic mass is 16.7. The zero-order valence-corrected chi connectivity index (χ0v) is 15.8. The summed E-state index contributed by atoms with van der Waals surface area (Å²) in [7, 11) is 0. The molecule has 0 saturated carbocycles. The fourth-order valence-corrected chi connectivity index (χ4v) is 4.23. The van der Waals surface area contributed by atoms with Crippen LogP contribution in [-0.2, 0) is 28.4 Å². The fourth-order valence-electron chi connectivity index (χ4n) is 4.23. The second-order valence-corrected chi connectivity index (χ2v) is 7.50. The van der Waals surface area contributed by atoms with Crippen molar-refractivity contribution < 1.29 is 14.2 Å². The molecule has 0 radical (unpaired) electrons. The average molecular weight is 384 g/mol. The van der Waals surface area contributed by atoms with Crippen molar-refractivity contribution in [3.8, 4) is 5.75 Å². The quantitative estimate of drug-likeness (QED) is 0.528. The molecule has 6 rings (SSSR count). The van der Waals surface area contributed by atoms with E-state index in [9.17, 15) is 0 Å². The predicted octanol–water partition coefficient (Wildman–Crippen LogP) is 4.25. The van der Waals surface area contributed by atoms with Crippen LogP contribution in [0.3, 0.4) is 0 Å². The number of hydrogen-bond acceptors (Lipinski definition) is 4. The summed E-state index contributed by atoms with van der Waals surface area (Å²) in [4.78, 5) is 4.90. The minimum absolute atomic E-state index is 0.00833. The number of rotatable bonds is 4. The van der Waals surface area contributed by atoms with Crippen molar-refractivity contribution in [2.75, 3.05) is 6.61 Å². The monoisotopic (exact) mass is 384 g/mol. The van der Waals surface area contributed by atoms with Gasteiger partial charge in [-0.05, 0) is 17.7 Å². The topological polar surface area (TPSA) is 45.5 Å². The van der Waals surface area contributed by atoms with E-state index in [1.807, 2.05) is 60.7 Å². The van der Waals surface area contributed by atoms with E-state index < -0.39 is 5.79 Å². The van der Waals surface area contributed by atoms with Crippen molar-refractivity contribution in [2.24, 2.45) is 0 Å². The largest absolute Gasteiger partial charge is 0.489 e. The Hall–Kier alpha value is -3.15. The smallest absolute Gasteiger partial charge is 0.256 e. The average Bonchev–Trinajstić information content (AvgIpc) is 3.34. The van der Waals surface area contributed by atoms with Crippen molar-refractivity contribution in [3.63, 3.8) is 0 Å². The minimum atomic E-state index is -0.936. The lowest BCUT2D eigenvalue weighted by Gasteiger charge is -2.32. The van der Waals surface area contributed by atoms with Crippen molar-refractivity contribution in [1.82, 2.24) is 9.55 Å². The molecule has 5 heteroatoms. The molecule has 3 heterocycles. The maximum atomic E-state index is 6.33. The highest BCUT2D eigenvalue weighted by Crippen LogP contribution is 2.45. The lowest BCUT2D eigenvalue weighted by Crippen LogP contribution is -2.38. The molecule has 4 aromatic rings. The summed E-state index contributed by atoms with van der Waals surface area (Å²) in [6.45, 7) is 1.82. The fraction of sp³-hybridized carbons (Fsp3) is 0.208. The van der Waals surface area contributed by atoms with Crippen LogP contribution in [-0.4, -0.2) is 22.3 Å². The van der Waals surface area contributed by atoms with Gasteiger partial charge in [-0.3, -0.25) is 0 Å². The lowest BCUT2D eigenvalue weighted by atomic mass is 10.0. The summed E-state index contributed by atoms with van der Waals surface area (Å²) in [5, 5.41) is 0. The molecule has 0 aliphatic carbocycles. The number of fused-ring (bicyclic) bond motifs is 6. The lowest BCUT2D eigenvalue weighted by molar-refractivity contribution is -0.162. The van der Waals surface area contributed by atoms with Gasteiger partial charge in [0.2, 0.25) is 0 Å². The van der Waals surface area contributed by atoms with Gasteiger partial charge in [0.1, 0.15) is 18.5 Å². The number of hydrogen-bond donors (Lipinski definition) is 0. The summed E-state index contributed by atoms with van der Waals surface area (Å²) >= 11 is 0. The van der Waals surface area contributed by atoms with Gasteiger partial charge in [-0.25, -0.2) is 4.98 Å². The van der Waals surface area contributed by atoms with Gasteiger partial charge in [-0.2, -0.15) is 0 Å². The molecule has 29 heavy (non-hydrogen) atoms. The molecule has 0 amide bonds. The Morgan fingerprint density at radius 3 is 2.62 bits per heavy atom. The van der Waals surface area contributed by atoms with Crippen molar-refractivity contribution >= 4 is 11.0 Å². The molecule has 2 atom stereocenters. The number of imidazole rings is 1. The van der Waals surface area contributed by atoms with Crippen molar-refractivity contribution in [1.29, 1.82) is 0 Å². The van der Waals surface area contributed by atoms with Crippen LogP contribution in [0.2, 0.25) is 0 Å². The normalized spacial score (nSPS) is 22.6. The second kappa shape index (κ2) is 6.44. The van der Waals surface area contributed by atoms with Gasteiger partial charge in [0.15, 0.2) is 5.82 Å². The number of nitrogens with zero attached hydrogens (tertiary/aromatic N) is 2. The van der Waals surface area contributed by atoms with Crippen LogP contribution >= 0.6 is 0 Å². The van der Waals surface area contributed by atoms with Crippen molar-refractivity contribution in [2.45, 2.75) is 25.0 Å². The van der Waals surface area contributed by atoms with Gasteiger partial charge < -0.3 is 18.8 Å². The van der Waals surface area contributed by atoms with Crippen LogP contribution in [0.4, 0.5) is 0 Å². The zero-order valence-electron chi connectivity index (χ0n) is 15.8. The van der Waals surface area contributed by atoms with E-state index in [2.05, 4.69) is 22.8 Å². The van der Waals surface area contributed by atoms with E-state index in [1.165, 1.54) is 0 Å². The summed E-state index contributed by atoms with van der Waals surface area (Å²) in [5.74, 6) is 0.694. The Bertz CT molecular complexity index is 1170. The van der Waals surface area contributed by atoms with Crippen LogP contribution in [0, 0.1) is 0 Å². The Kier molecular flexibility index (Phi) is 3.72. The third kappa shape index (κ3) is 2.66. The molecule has 0 spiro atoms. The van der Waals surface area contributed by atoms with Gasteiger partial charge in [0.05, 0.1) is 24.2 Å². The molecule has 2 aliphatic heterocycles. The summed E-state index contributed by atoms with van der Waals surface area (Å²) < 4.78 is 20.8. The van der Waals surface area contributed by atoms with E-state index in [4.69, 9.17) is 19.2 Å². The minimum Gasteiger partial charge on any atom is -0.489 e. The maximum Gasteiger partial charge on any atom is 0.256 e. The SMILES string of the molecule is c1ccc(COc2ccc3nc4n(c3c2)CC2COC4(c3ccccc3)O2)cc1. The van der Waals surface area contributed by atoms with Gasteiger partial charge >= 0.3 is 0 Å². The number of aromatic nitrogens is 2. The van der Waals surface area contributed by atoms with Crippen LogP contribution in [0.5, 0.6) is 5.75 Å². The first-order valence-corrected chi connectivity index (χ1v) is 9.87. The standard InChI is InChI=1S/C24H20N2O3/c1-3-7-17(8-4-1)15-27-19-11-12-21-22(13-19)26-14-20-16-28-24(29-20,23(26)25-21)18-9-5-2-6-10-18/h1-13,20H,14-16H2. The molecule has 144 valence electrons. The first-order valence-electron chi connectivity index (χ1n) is 9.87.